The maximum Gasteiger partial charge on any atom is 0.407 e. The summed E-state index contributed by atoms with van der Waals surface area (Å²) in [6.45, 7) is -0.202. The molecule has 0 saturated heterocycles. The third kappa shape index (κ3) is 7.11. The molecule has 0 radical (unpaired) electrons. The number of carbonyl (C=O) groups is 2. The van der Waals surface area contributed by atoms with Crippen molar-refractivity contribution in [1.82, 2.24) is 10.6 Å². The lowest BCUT2D eigenvalue weighted by atomic mass is 9.96. The van der Waals surface area contributed by atoms with Crippen LogP contribution in [0.1, 0.15) is 16.7 Å². The second-order valence-electron chi connectivity index (χ2n) is 7.74. The van der Waals surface area contributed by atoms with Gasteiger partial charge < -0.3 is 20.5 Å². The van der Waals surface area contributed by atoms with Crippen LogP contribution in [0.15, 0.2) is 91.0 Å². The predicted molar refractivity (Wildman–Crippen MR) is 123 cm³/mol. The Hall–Kier alpha value is -3.78. The third-order valence-electron chi connectivity index (χ3n) is 5.17. The van der Waals surface area contributed by atoms with Crippen molar-refractivity contribution in [2.75, 3.05) is 0 Å². The van der Waals surface area contributed by atoms with Gasteiger partial charge in [0.25, 0.3) is 5.91 Å². The molecular weight excluding hydrogens is 442 g/mol. The molecule has 8 heteroatoms. The van der Waals surface area contributed by atoms with Crippen LogP contribution in [0.25, 0.3) is 0 Å². The quantitative estimate of drug-likeness (QED) is 0.422. The lowest BCUT2D eigenvalue weighted by Crippen LogP contribution is -2.58. The Bertz CT molecular complexity index is 1050. The number of alkyl halides is 2. The summed E-state index contributed by atoms with van der Waals surface area (Å²) in [6, 6.07) is 24.4. The molecule has 0 fully saturated rings. The van der Waals surface area contributed by atoms with E-state index >= 15 is 0 Å². The molecule has 0 saturated carbocycles. The van der Waals surface area contributed by atoms with Crippen LogP contribution >= 0.6 is 0 Å². The molecule has 0 aliphatic heterocycles. The largest absolute Gasteiger partial charge is 0.445 e. The van der Waals surface area contributed by atoms with Gasteiger partial charge in [-0.25, -0.2) is 4.79 Å². The lowest BCUT2D eigenvalue weighted by molar-refractivity contribution is -0.166. The van der Waals surface area contributed by atoms with Crippen molar-refractivity contribution in [3.8, 4) is 0 Å². The number of benzene rings is 3. The van der Waals surface area contributed by atoms with Gasteiger partial charge in [0.05, 0.1) is 6.04 Å². The van der Waals surface area contributed by atoms with Crippen LogP contribution in [0.3, 0.4) is 0 Å². The standard InChI is InChI=1S/C26H26F2N2O4/c27-26(28,24(32)29-17-20-12-6-2-7-13-20)23(31)22(16-19-10-4-1-5-11-19)30-25(33)34-18-21-14-8-3-9-15-21/h1-15,22-23,31H,16-18H2,(H,29,32)(H,30,33). The predicted octanol–water partition coefficient (Wildman–Crippen LogP) is 3.84. The fraction of sp³-hybridized carbons (Fsp3) is 0.231. The number of carbonyl (C=O) groups excluding carboxylic acids is 2. The van der Waals surface area contributed by atoms with Crippen LogP contribution in [-0.4, -0.2) is 35.2 Å². The second-order valence-corrected chi connectivity index (χ2v) is 7.74. The van der Waals surface area contributed by atoms with Gasteiger partial charge in [-0.1, -0.05) is 91.0 Å². The maximum atomic E-state index is 14.9. The van der Waals surface area contributed by atoms with Crippen molar-refractivity contribution in [3.05, 3.63) is 108 Å². The molecule has 2 amide bonds. The molecule has 0 aliphatic carbocycles. The summed E-state index contributed by atoms with van der Waals surface area (Å²) in [5, 5.41) is 15.0. The summed E-state index contributed by atoms with van der Waals surface area (Å²) < 4.78 is 34.9. The van der Waals surface area contributed by atoms with E-state index in [-0.39, 0.29) is 19.6 Å². The molecule has 3 aromatic rings. The number of aliphatic hydroxyl groups excluding tert-OH is 1. The summed E-state index contributed by atoms with van der Waals surface area (Å²) >= 11 is 0. The first-order valence-electron chi connectivity index (χ1n) is 10.8. The molecule has 0 heterocycles. The zero-order valence-electron chi connectivity index (χ0n) is 18.4. The zero-order chi connectivity index (χ0) is 24.4. The third-order valence-corrected chi connectivity index (χ3v) is 5.17. The van der Waals surface area contributed by atoms with Crippen LogP contribution in [0, 0.1) is 0 Å². The van der Waals surface area contributed by atoms with Gasteiger partial charge in [-0.15, -0.1) is 0 Å². The Morgan fingerprint density at radius 2 is 1.32 bits per heavy atom. The number of nitrogens with one attached hydrogen (secondary N) is 2. The van der Waals surface area contributed by atoms with Gasteiger partial charge in [0.1, 0.15) is 12.7 Å². The highest BCUT2D eigenvalue weighted by Gasteiger charge is 2.50. The van der Waals surface area contributed by atoms with Crippen LogP contribution in [0.4, 0.5) is 13.6 Å². The van der Waals surface area contributed by atoms with Gasteiger partial charge in [-0.2, -0.15) is 8.78 Å². The van der Waals surface area contributed by atoms with Gasteiger partial charge >= 0.3 is 12.0 Å². The van der Waals surface area contributed by atoms with Crippen molar-refractivity contribution in [3.63, 3.8) is 0 Å². The van der Waals surface area contributed by atoms with Gasteiger partial charge in [-0.3, -0.25) is 4.79 Å². The molecule has 0 aromatic heterocycles. The molecule has 0 spiro atoms. The minimum atomic E-state index is -4.17. The number of aliphatic hydroxyl groups is 1. The Morgan fingerprint density at radius 1 is 0.824 bits per heavy atom. The van der Waals surface area contributed by atoms with E-state index in [4.69, 9.17) is 4.74 Å². The van der Waals surface area contributed by atoms with E-state index in [0.717, 1.165) is 0 Å². The van der Waals surface area contributed by atoms with Crippen LogP contribution in [0.5, 0.6) is 0 Å². The van der Waals surface area contributed by atoms with E-state index in [0.29, 0.717) is 16.7 Å². The molecule has 3 aromatic carbocycles. The molecule has 178 valence electrons. The van der Waals surface area contributed by atoms with E-state index in [9.17, 15) is 23.5 Å². The van der Waals surface area contributed by atoms with Crippen molar-refractivity contribution in [1.29, 1.82) is 0 Å². The van der Waals surface area contributed by atoms with Gasteiger partial charge in [0, 0.05) is 6.54 Å². The van der Waals surface area contributed by atoms with Gasteiger partial charge in [-0.05, 0) is 23.1 Å². The van der Waals surface area contributed by atoms with Crippen LogP contribution in [0.2, 0.25) is 0 Å². The number of amides is 2. The number of ether oxygens (including phenoxy) is 1. The Kier molecular flexibility index (Phi) is 8.70. The second kappa shape index (κ2) is 11.9. The molecule has 2 atom stereocenters. The first kappa shape index (κ1) is 24.9. The summed E-state index contributed by atoms with van der Waals surface area (Å²) in [5.74, 6) is -5.80. The van der Waals surface area contributed by atoms with Crippen LogP contribution < -0.4 is 10.6 Å². The SMILES string of the molecule is O=C(NC(Cc1ccccc1)C(O)C(F)(F)C(=O)NCc1ccccc1)OCc1ccccc1. The van der Waals surface area contributed by atoms with Crippen molar-refractivity contribution >= 4 is 12.0 Å². The number of alkyl carbamates (subject to hydrolysis) is 1. The van der Waals surface area contributed by atoms with Crippen molar-refractivity contribution < 1.29 is 28.2 Å². The summed E-state index contributed by atoms with van der Waals surface area (Å²) in [4.78, 5) is 24.6. The summed E-state index contributed by atoms with van der Waals surface area (Å²) in [5.41, 5.74) is 1.93. The van der Waals surface area contributed by atoms with E-state index in [2.05, 4.69) is 10.6 Å². The molecule has 6 nitrogen and oxygen atoms in total. The Labute approximate surface area is 196 Å². The molecule has 3 rings (SSSR count). The molecule has 34 heavy (non-hydrogen) atoms. The van der Waals surface area contributed by atoms with Crippen molar-refractivity contribution in [2.24, 2.45) is 0 Å². The average molecular weight is 469 g/mol. The fourth-order valence-corrected chi connectivity index (χ4v) is 3.31. The Morgan fingerprint density at radius 3 is 1.88 bits per heavy atom. The number of rotatable bonds is 10. The first-order valence-corrected chi connectivity index (χ1v) is 10.8. The fourth-order valence-electron chi connectivity index (χ4n) is 3.31. The molecular formula is C26H26F2N2O4. The van der Waals surface area contributed by atoms with E-state index in [1.54, 1.807) is 91.0 Å². The van der Waals surface area contributed by atoms with E-state index < -0.39 is 30.1 Å². The van der Waals surface area contributed by atoms with Gasteiger partial charge in [0.2, 0.25) is 0 Å². The summed E-state index contributed by atoms with van der Waals surface area (Å²) in [7, 11) is 0. The molecule has 2 unspecified atom stereocenters. The normalized spacial score (nSPS) is 12.9. The highest BCUT2D eigenvalue weighted by molar-refractivity contribution is 5.84. The molecule has 0 bridgehead atoms. The summed E-state index contributed by atoms with van der Waals surface area (Å²) in [6.07, 6.45) is -3.61. The van der Waals surface area contributed by atoms with Crippen LogP contribution in [-0.2, 0) is 29.1 Å². The maximum absolute atomic E-state index is 14.9. The minimum absolute atomic E-state index is 0.0746. The monoisotopic (exact) mass is 468 g/mol. The topological polar surface area (TPSA) is 87.7 Å². The first-order chi connectivity index (χ1) is 16.4. The highest BCUT2D eigenvalue weighted by atomic mass is 19.3. The Balaban J connectivity index is 1.68. The van der Waals surface area contributed by atoms with Gasteiger partial charge in [0.15, 0.2) is 0 Å². The number of halogens is 2. The van der Waals surface area contributed by atoms with E-state index in [1.165, 1.54) is 0 Å². The lowest BCUT2D eigenvalue weighted by Gasteiger charge is -2.29. The minimum Gasteiger partial charge on any atom is -0.445 e. The van der Waals surface area contributed by atoms with E-state index in [1.807, 2.05) is 0 Å². The van der Waals surface area contributed by atoms with Crippen molar-refractivity contribution in [2.45, 2.75) is 37.6 Å². The average Bonchev–Trinajstić information content (AvgIpc) is 2.87. The number of hydrogen-bond donors (Lipinski definition) is 3. The smallest absolute Gasteiger partial charge is 0.407 e. The number of hydrogen-bond acceptors (Lipinski definition) is 4. The molecule has 3 N–H and O–H groups in total. The zero-order valence-corrected chi connectivity index (χ0v) is 18.4. The highest BCUT2D eigenvalue weighted by Crippen LogP contribution is 2.24. The molecule has 0 aliphatic rings.